The lowest BCUT2D eigenvalue weighted by Crippen LogP contribution is -2.20. The van der Waals surface area contributed by atoms with Crippen LogP contribution in [0.4, 0.5) is 0 Å². The maximum absolute atomic E-state index is 12.5. The summed E-state index contributed by atoms with van der Waals surface area (Å²) in [6, 6.07) is 6.98. The summed E-state index contributed by atoms with van der Waals surface area (Å²) in [5, 5.41) is 9.56. The summed E-state index contributed by atoms with van der Waals surface area (Å²) in [5.41, 5.74) is 0.866. The monoisotopic (exact) mass is 327 g/mol. The van der Waals surface area contributed by atoms with Crippen molar-refractivity contribution >= 4 is 23.0 Å². The zero-order valence-electron chi connectivity index (χ0n) is 13.7. The van der Waals surface area contributed by atoms with Crippen LogP contribution in [0.15, 0.2) is 39.2 Å². The Kier molecular flexibility index (Phi) is 5.51. The Balaban J connectivity index is 2.39. The summed E-state index contributed by atoms with van der Waals surface area (Å²) in [5.74, 6) is -0.814. The van der Waals surface area contributed by atoms with Crippen molar-refractivity contribution in [2.45, 2.75) is 20.0 Å². The molecule has 0 radical (unpaired) electrons. The number of esters is 1. The molecule has 1 heterocycles. The van der Waals surface area contributed by atoms with Crippen molar-refractivity contribution in [2.75, 3.05) is 13.7 Å². The molecule has 0 spiro atoms. The molecule has 1 aromatic carbocycles. The van der Waals surface area contributed by atoms with Gasteiger partial charge in [0.15, 0.2) is 5.43 Å². The van der Waals surface area contributed by atoms with Gasteiger partial charge in [0.05, 0.1) is 17.6 Å². The molecule has 0 aliphatic rings. The van der Waals surface area contributed by atoms with E-state index in [-0.39, 0.29) is 23.2 Å². The van der Waals surface area contributed by atoms with Gasteiger partial charge in [-0.15, -0.1) is 0 Å². The van der Waals surface area contributed by atoms with Crippen LogP contribution in [-0.2, 0) is 14.3 Å². The number of aryl methyl sites for hydroxylation is 1. The first-order valence-corrected chi connectivity index (χ1v) is 7.30. The van der Waals surface area contributed by atoms with E-state index in [2.05, 4.69) is 0 Å². The highest BCUT2D eigenvalue weighted by Gasteiger charge is 2.16. The van der Waals surface area contributed by atoms with E-state index in [1.807, 2.05) is 13.0 Å². The third-order valence-electron chi connectivity index (χ3n) is 3.30. The van der Waals surface area contributed by atoms with E-state index in [1.165, 1.54) is 19.4 Å². The lowest BCUT2D eigenvalue weighted by atomic mass is 10.1. The summed E-state index contributed by atoms with van der Waals surface area (Å²) in [7, 11) is 1.48. The average molecular weight is 327 g/mol. The Morgan fingerprint density at radius 2 is 2.21 bits per heavy atom. The second-order valence-electron chi connectivity index (χ2n) is 5.36. The number of benzene rings is 1. The van der Waals surface area contributed by atoms with E-state index in [0.29, 0.717) is 11.0 Å². The first kappa shape index (κ1) is 17.4. The predicted octanol–water partition coefficient (Wildman–Crippen LogP) is 2.59. The molecule has 0 bridgehead atoms. The molecular weight excluding hydrogens is 310 g/mol. The highest BCUT2D eigenvalue weighted by Crippen LogP contribution is 2.15. The Bertz CT molecular complexity index is 888. The zero-order valence-corrected chi connectivity index (χ0v) is 13.7. The lowest BCUT2D eigenvalue weighted by molar-refractivity contribution is -0.145. The number of methoxy groups -OCH3 is 1. The molecule has 0 aliphatic carbocycles. The van der Waals surface area contributed by atoms with Gasteiger partial charge in [0.1, 0.15) is 29.6 Å². The van der Waals surface area contributed by atoms with Crippen LogP contribution in [0.25, 0.3) is 17.0 Å². The predicted molar refractivity (Wildman–Crippen MR) is 88.2 cm³/mol. The van der Waals surface area contributed by atoms with Crippen LogP contribution in [0.3, 0.4) is 0 Å². The number of ether oxygens (including phenoxy) is 2. The van der Waals surface area contributed by atoms with Crippen molar-refractivity contribution in [3.05, 3.63) is 51.4 Å². The van der Waals surface area contributed by atoms with Crippen molar-refractivity contribution in [2.24, 2.45) is 0 Å². The molecule has 0 unspecified atom stereocenters. The first-order valence-electron chi connectivity index (χ1n) is 7.30. The van der Waals surface area contributed by atoms with E-state index in [0.717, 1.165) is 5.56 Å². The Hall–Kier alpha value is -2.91. The number of nitrogens with zero attached hydrogens (tertiary/aromatic N) is 1. The summed E-state index contributed by atoms with van der Waals surface area (Å²) >= 11 is 0. The largest absolute Gasteiger partial charge is 0.463 e. The molecule has 0 aliphatic heterocycles. The van der Waals surface area contributed by atoms with E-state index in [9.17, 15) is 9.59 Å². The second kappa shape index (κ2) is 7.57. The molecule has 1 aromatic heterocycles. The van der Waals surface area contributed by atoms with Crippen LogP contribution in [0.1, 0.15) is 18.1 Å². The summed E-state index contributed by atoms with van der Waals surface area (Å²) < 4.78 is 15.3. The molecule has 2 rings (SSSR count). The van der Waals surface area contributed by atoms with Crippen molar-refractivity contribution in [1.29, 1.82) is 5.26 Å². The molecule has 0 saturated heterocycles. The number of hydrogen-bond donors (Lipinski definition) is 0. The van der Waals surface area contributed by atoms with E-state index >= 15 is 0 Å². The average Bonchev–Trinajstić information content (AvgIpc) is 2.55. The van der Waals surface area contributed by atoms with Crippen LogP contribution < -0.4 is 5.43 Å². The first-order chi connectivity index (χ1) is 11.5. The molecule has 0 N–H and O–H groups in total. The molecule has 124 valence electrons. The van der Waals surface area contributed by atoms with Crippen molar-refractivity contribution in [3.63, 3.8) is 0 Å². The topological polar surface area (TPSA) is 89.5 Å². The summed E-state index contributed by atoms with van der Waals surface area (Å²) in [4.78, 5) is 24.5. The van der Waals surface area contributed by atoms with Crippen molar-refractivity contribution < 1.29 is 18.7 Å². The van der Waals surface area contributed by atoms with E-state index in [1.54, 1.807) is 25.1 Å². The Morgan fingerprint density at radius 3 is 2.88 bits per heavy atom. The molecule has 0 fully saturated rings. The van der Waals surface area contributed by atoms with Crippen LogP contribution >= 0.6 is 0 Å². The fourth-order valence-corrected chi connectivity index (χ4v) is 2.17. The van der Waals surface area contributed by atoms with Gasteiger partial charge in [-0.1, -0.05) is 11.6 Å². The highest BCUT2D eigenvalue weighted by molar-refractivity contribution is 5.98. The van der Waals surface area contributed by atoms with Gasteiger partial charge in [-0.3, -0.25) is 4.79 Å². The van der Waals surface area contributed by atoms with Gasteiger partial charge in [-0.05, 0) is 32.1 Å². The number of nitriles is 1. The third kappa shape index (κ3) is 3.89. The minimum atomic E-state index is -0.814. The maximum Gasteiger partial charge on any atom is 0.349 e. The SMILES string of the molecule is COC[C@H](C)OC(=O)/C(C#N)=C\c1coc2ccc(C)cc2c1=O. The Morgan fingerprint density at radius 1 is 1.46 bits per heavy atom. The van der Waals surface area contributed by atoms with Crippen LogP contribution in [0, 0.1) is 18.3 Å². The number of rotatable bonds is 5. The smallest absolute Gasteiger partial charge is 0.349 e. The molecule has 6 heteroatoms. The number of hydrogen-bond acceptors (Lipinski definition) is 6. The van der Waals surface area contributed by atoms with Gasteiger partial charge in [0, 0.05) is 7.11 Å². The summed E-state index contributed by atoms with van der Waals surface area (Å²) in [6.07, 6.45) is 1.90. The van der Waals surface area contributed by atoms with Gasteiger partial charge < -0.3 is 13.9 Å². The van der Waals surface area contributed by atoms with Crippen LogP contribution in [-0.4, -0.2) is 25.8 Å². The molecule has 0 amide bonds. The van der Waals surface area contributed by atoms with Gasteiger partial charge in [-0.25, -0.2) is 4.79 Å². The van der Waals surface area contributed by atoms with E-state index in [4.69, 9.17) is 19.2 Å². The second-order valence-corrected chi connectivity index (χ2v) is 5.36. The fourth-order valence-electron chi connectivity index (χ4n) is 2.17. The standard InChI is InChI=1S/C18H17NO5/c1-11-4-5-16-15(6-11)17(20)14(10-23-16)7-13(8-19)18(21)24-12(2)9-22-3/h4-7,10,12H,9H2,1-3H3/b13-7-/t12-/m0/s1. The lowest BCUT2D eigenvalue weighted by Gasteiger charge is -2.11. The third-order valence-corrected chi connectivity index (χ3v) is 3.30. The minimum absolute atomic E-state index is 0.112. The van der Waals surface area contributed by atoms with Crippen molar-refractivity contribution in [1.82, 2.24) is 0 Å². The molecule has 24 heavy (non-hydrogen) atoms. The summed E-state index contributed by atoms with van der Waals surface area (Å²) in [6.45, 7) is 3.71. The van der Waals surface area contributed by atoms with Crippen LogP contribution in [0.5, 0.6) is 0 Å². The normalized spacial score (nSPS) is 12.7. The molecular formula is C18H17NO5. The quantitative estimate of drug-likeness (QED) is 0.476. The zero-order chi connectivity index (χ0) is 17.7. The number of carbonyl (C=O) groups is 1. The maximum atomic E-state index is 12.5. The molecule has 1 atom stereocenters. The minimum Gasteiger partial charge on any atom is -0.463 e. The fraction of sp³-hybridized carbons (Fsp3) is 0.278. The number of fused-ring (bicyclic) bond motifs is 1. The van der Waals surface area contributed by atoms with Crippen molar-refractivity contribution in [3.8, 4) is 6.07 Å². The molecule has 0 saturated carbocycles. The molecule has 6 nitrogen and oxygen atoms in total. The van der Waals surface area contributed by atoms with Gasteiger partial charge >= 0.3 is 5.97 Å². The Labute approximate surface area is 138 Å². The highest BCUT2D eigenvalue weighted by atomic mass is 16.6. The van der Waals surface area contributed by atoms with Crippen LogP contribution in [0.2, 0.25) is 0 Å². The van der Waals surface area contributed by atoms with Gasteiger partial charge in [0.2, 0.25) is 0 Å². The van der Waals surface area contributed by atoms with Gasteiger partial charge in [0.25, 0.3) is 0 Å². The number of carbonyl (C=O) groups excluding carboxylic acids is 1. The molecule has 2 aromatic rings. The van der Waals surface area contributed by atoms with E-state index < -0.39 is 12.1 Å². The van der Waals surface area contributed by atoms with Gasteiger partial charge in [-0.2, -0.15) is 5.26 Å².